The van der Waals surface area contributed by atoms with Crippen molar-refractivity contribution in [2.24, 2.45) is 0 Å². The smallest absolute Gasteiger partial charge is 0.180 e. The number of aromatic nitrogens is 2. The standard InChI is InChI=1S/C11H9FN2OS/c1-7-11(16-14-13-7)10(15)6-8-2-4-9(12)5-3-8/h2-5H,6H2,1H3. The summed E-state index contributed by atoms with van der Waals surface area (Å²) in [5, 5.41) is 3.78. The summed E-state index contributed by atoms with van der Waals surface area (Å²) in [7, 11) is 0. The Bertz CT molecular complexity index is 507. The van der Waals surface area contributed by atoms with E-state index in [9.17, 15) is 9.18 Å². The van der Waals surface area contributed by atoms with Crippen molar-refractivity contribution in [3.63, 3.8) is 0 Å². The van der Waals surface area contributed by atoms with Crippen LogP contribution in [0, 0.1) is 12.7 Å². The summed E-state index contributed by atoms with van der Waals surface area (Å²) in [4.78, 5) is 12.4. The topological polar surface area (TPSA) is 42.9 Å². The zero-order chi connectivity index (χ0) is 11.5. The second-order valence-electron chi connectivity index (χ2n) is 3.41. The Hall–Kier alpha value is -1.62. The monoisotopic (exact) mass is 236 g/mol. The highest BCUT2D eigenvalue weighted by Gasteiger charge is 2.13. The van der Waals surface area contributed by atoms with Gasteiger partial charge in [-0.3, -0.25) is 4.79 Å². The Balaban J connectivity index is 2.14. The number of hydrogen-bond acceptors (Lipinski definition) is 4. The molecule has 0 amide bonds. The predicted molar refractivity (Wildman–Crippen MR) is 59.1 cm³/mol. The second-order valence-corrected chi connectivity index (χ2v) is 4.17. The number of ketones is 1. The first kappa shape index (κ1) is 10.9. The summed E-state index contributed by atoms with van der Waals surface area (Å²) in [5.41, 5.74) is 1.44. The van der Waals surface area contributed by atoms with Gasteiger partial charge < -0.3 is 0 Å². The Morgan fingerprint density at radius 1 is 1.38 bits per heavy atom. The Morgan fingerprint density at radius 2 is 2.06 bits per heavy atom. The summed E-state index contributed by atoms with van der Waals surface area (Å²) < 4.78 is 16.4. The molecule has 0 saturated heterocycles. The van der Waals surface area contributed by atoms with Gasteiger partial charge in [-0.1, -0.05) is 16.6 Å². The minimum Gasteiger partial charge on any atom is -0.293 e. The number of Topliss-reactive ketones (excluding diaryl/α,β-unsaturated/α-hetero) is 1. The molecule has 5 heteroatoms. The molecule has 3 nitrogen and oxygen atoms in total. The van der Waals surface area contributed by atoms with Gasteiger partial charge in [-0.2, -0.15) is 0 Å². The Labute approximate surface area is 96.1 Å². The van der Waals surface area contributed by atoms with Crippen LogP contribution in [0.2, 0.25) is 0 Å². The third kappa shape index (κ3) is 2.30. The molecule has 1 aromatic carbocycles. The van der Waals surface area contributed by atoms with Crippen LogP contribution in [0.15, 0.2) is 24.3 Å². The van der Waals surface area contributed by atoms with E-state index in [4.69, 9.17) is 0 Å². The molecule has 16 heavy (non-hydrogen) atoms. The molecule has 0 aliphatic carbocycles. The molecule has 0 N–H and O–H groups in total. The van der Waals surface area contributed by atoms with Crippen LogP contribution in [-0.2, 0) is 6.42 Å². The van der Waals surface area contributed by atoms with Gasteiger partial charge in [0.1, 0.15) is 10.7 Å². The van der Waals surface area contributed by atoms with Gasteiger partial charge in [-0.15, -0.1) is 5.10 Å². The number of carbonyl (C=O) groups excluding carboxylic acids is 1. The third-order valence-corrected chi connectivity index (χ3v) is 3.05. The fraction of sp³-hybridized carbons (Fsp3) is 0.182. The number of aryl methyl sites for hydroxylation is 1. The van der Waals surface area contributed by atoms with E-state index in [0.717, 1.165) is 17.1 Å². The van der Waals surface area contributed by atoms with Gasteiger partial charge in [0.2, 0.25) is 0 Å². The SMILES string of the molecule is Cc1nnsc1C(=O)Cc1ccc(F)cc1. The van der Waals surface area contributed by atoms with E-state index in [1.54, 1.807) is 19.1 Å². The molecule has 1 heterocycles. The van der Waals surface area contributed by atoms with Crippen LogP contribution in [-0.4, -0.2) is 15.4 Å². The minimum atomic E-state index is -0.299. The number of rotatable bonds is 3. The van der Waals surface area contributed by atoms with Crippen LogP contribution in [0.5, 0.6) is 0 Å². The van der Waals surface area contributed by atoms with Crippen molar-refractivity contribution >= 4 is 17.3 Å². The largest absolute Gasteiger partial charge is 0.293 e. The summed E-state index contributed by atoms with van der Waals surface area (Å²) in [6, 6.07) is 5.91. The molecule has 2 aromatic rings. The van der Waals surface area contributed by atoms with Crippen LogP contribution in [0.1, 0.15) is 20.9 Å². The molecule has 0 bridgehead atoms. The maximum absolute atomic E-state index is 12.7. The molecule has 0 fully saturated rings. The van der Waals surface area contributed by atoms with Gasteiger partial charge in [-0.25, -0.2) is 4.39 Å². The highest BCUT2D eigenvalue weighted by atomic mass is 32.1. The molecular weight excluding hydrogens is 227 g/mol. The fourth-order valence-corrected chi connectivity index (χ4v) is 1.95. The highest BCUT2D eigenvalue weighted by Crippen LogP contribution is 2.13. The van der Waals surface area contributed by atoms with Crippen molar-refractivity contribution in [3.05, 3.63) is 46.2 Å². The van der Waals surface area contributed by atoms with Crippen molar-refractivity contribution < 1.29 is 9.18 Å². The molecule has 0 aliphatic heterocycles. The van der Waals surface area contributed by atoms with Gasteiger partial charge in [-0.05, 0) is 36.2 Å². The number of benzene rings is 1. The van der Waals surface area contributed by atoms with E-state index in [0.29, 0.717) is 10.6 Å². The molecule has 2 rings (SSSR count). The van der Waals surface area contributed by atoms with Crippen LogP contribution in [0.4, 0.5) is 4.39 Å². The lowest BCUT2D eigenvalue weighted by Crippen LogP contribution is -2.03. The van der Waals surface area contributed by atoms with Gasteiger partial charge in [0.15, 0.2) is 5.78 Å². The average molecular weight is 236 g/mol. The van der Waals surface area contributed by atoms with E-state index < -0.39 is 0 Å². The van der Waals surface area contributed by atoms with Gasteiger partial charge in [0.05, 0.1) is 5.69 Å². The van der Waals surface area contributed by atoms with Crippen LogP contribution >= 0.6 is 11.5 Å². The summed E-state index contributed by atoms with van der Waals surface area (Å²) >= 11 is 1.10. The Kier molecular flexibility index (Phi) is 3.05. The quantitative estimate of drug-likeness (QED) is 0.768. The van der Waals surface area contributed by atoms with Crippen molar-refractivity contribution in [1.29, 1.82) is 0 Å². The van der Waals surface area contributed by atoms with E-state index in [2.05, 4.69) is 9.59 Å². The van der Waals surface area contributed by atoms with E-state index in [1.807, 2.05) is 0 Å². The number of nitrogens with zero attached hydrogens (tertiary/aromatic N) is 2. The summed E-state index contributed by atoms with van der Waals surface area (Å²) in [5.74, 6) is -0.328. The number of halogens is 1. The van der Waals surface area contributed by atoms with Crippen LogP contribution in [0.3, 0.4) is 0 Å². The second kappa shape index (κ2) is 4.49. The lowest BCUT2D eigenvalue weighted by atomic mass is 10.1. The zero-order valence-electron chi connectivity index (χ0n) is 8.61. The summed E-state index contributed by atoms with van der Waals surface area (Å²) in [6.07, 6.45) is 0.255. The van der Waals surface area contributed by atoms with E-state index >= 15 is 0 Å². The normalized spacial score (nSPS) is 10.4. The molecule has 0 unspecified atom stereocenters. The highest BCUT2D eigenvalue weighted by molar-refractivity contribution is 7.08. The van der Waals surface area contributed by atoms with Crippen molar-refractivity contribution in [2.45, 2.75) is 13.3 Å². The van der Waals surface area contributed by atoms with Gasteiger partial charge >= 0.3 is 0 Å². The molecule has 0 spiro atoms. The molecule has 0 saturated carbocycles. The van der Waals surface area contributed by atoms with Gasteiger partial charge in [0, 0.05) is 6.42 Å². The fourth-order valence-electron chi connectivity index (χ4n) is 1.35. The van der Waals surface area contributed by atoms with Gasteiger partial charge in [0.25, 0.3) is 0 Å². The number of carbonyl (C=O) groups is 1. The first-order valence-electron chi connectivity index (χ1n) is 4.73. The number of hydrogen-bond donors (Lipinski definition) is 0. The minimum absolute atomic E-state index is 0.0286. The first-order chi connectivity index (χ1) is 7.66. The Morgan fingerprint density at radius 3 is 2.62 bits per heavy atom. The molecule has 1 aromatic heterocycles. The van der Waals surface area contributed by atoms with Crippen molar-refractivity contribution in [1.82, 2.24) is 9.59 Å². The first-order valence-corrected chi connectivity index (χ1v) is 5.51. The predicted octanol–water partition coefficient (Wildman–Crippen LogP) is 2.41. The maximum Gasteiger partial charge on any atom is 0.180 e. The van der Waals surface area contributed by atoms with Crippen molar-refractivity contribution in [3.8, 4) is 0 Å². The third-order valence-electron chi connectivity index (χ3n) is 2.18. The van der Waals surface area contributed by atoms with Crippen molar-refractivity contribution in [2.75, 3.05) is 0 Å². The molecule has 0 aliphatic rings. The van der Waals surface area contributed by atoms with E-state index in [-0.39, 0.29) is 18.0 Å². The molecule has 0 radical (unpaired) electrons. The van der Waals surface area contributed by atoms with Crippen LogP contribution < -0.4 is 0 Å². The summed E-state index contributed by atoms with van der Waals surface area (Å²) in [6.45, 7) is 1.75. The molecule has 0 atom stereocenters. The molecular formula is C11H9FN2OS. The maximum atomic E-state index is 12.7. The lowest BCUT2D eigenvalue weighted by Gasteiger charge is -1.99. The molecule has 82 valence electrons. The average Bonchev–Trinajstić information content (AvgIpc) is 2.68. The lowest BCUT2D eigenvalue weighted by molar-refractivity contribution is 0.0996. The zero-order valence-corrected chi connectivity index (χ0v) is 9.42. The van der Waals surface area contributed by atoms with Crippen LogP contribution in [0.25, 0.3) is 0 Å². The van der Waals surface area contributed by atoms with E-state index in [1.165, 1.54) is 12.1 Å².